The van der Waals surface area contributed by atoms with E-state index in [0.29, 0.717) is 5.82 Å². The summed E-state index contributed by atoms with van der Waals surface area (Å²) in [5, 5.41) is 0. The molecule has 3 heteroatoms. The predicted molar refractivity (Wildman–Crippen MR) is 87.1 cm³/mol. The summed E-state index contributed by atoms with van der Waals surface area (Å²) in [4.78, 5) is 4.52. The second-order valence-electron chi connectivity index (χ2n) is 5.34. The van der Waals surface area contributed by atoms with Crippen LogP contribution < -0.4 is 5.73 Å². The van der Waals surface area contributed by atoms with Crippen LogP contribution in [0.4, 0.5) is 5.82 Å². The number of nitrogens with zero attached hydrogens (tertiary/aromatic N) is 2. The Morgan fingerprint density at radius 1 is 1.00 bits per heavy atom. The molecule has 0 unspecified atom stereocenters. The van der Waals surface area contributed by atoms with Gasteiger partial charge in [-0.15, -0.1) is 0 Å². The summed E-state index contributed by atoms with van der Waals surface area (Å²) in [6, 6.07) is 16.5. The highest BCUT2D eigenvalue weighted by molar-refractivity contribution is 5.74. The van der Waals surface area contributed by atoms with Gasteiger partial charge in [-0.3, -0.25) is 0 Å². The lowest BCUT2D eigenvalue weighted by Crippen LogP contribution is -2.03. The van der Waals surface area contributed by atoms with Crippen molar-refractivity contribution in [3.63, 3.8) is 0 Å². The molecule has 3 aromatic rings. The Labute approximate surface area is 125 Å². The lowest BCUT2D eigenvalue weighted by atomic mass is 10.0. The van der Waals surface area contributed by atoms with Crippen molar-refractivity contribution in [1.82, 2.24) is 9.55 Å². The first-order chi connectivity index (χ1) is 10.2. The fourth-order valence-electron chi connectivity index (χ4n) is 2.51. The van der Waals surface area contributed by atoms with E-state index in [1.54, 1.807) is 0 Å². The first kappa shape index (κ1) is 13.4. The van der Waals surface area contributed by atoms with Crippen molar-refractivity contribution in [3.05, 3.63) is 71.5 Å². The molecule has 0 atom stereocenters. The normalized spacial score (nSPS) is 10.8. The number of aromatic nitrogens is 2. The summed E-state index contributed by atoms with van der Waals surface area (Å²) in [5.41, 5.74) is 12.0. The topological polar surface area (TPSA) is 43.8 Å². The number of benzene rings is 2. The summed E-state index contributed by atoms with van der Waals surface area (Å²) < 4.78 is 1.99. The van der Waals surface area contributed by atoms with E-state index in [0.717, 1.165) is 17.8 Å². The Morgan fingerprint density at radius 3 is 2.52 bits per heavy atom. The van der Waals surface area contributed by atoms with Crippen molar-refractivity contribution in [2.45, 2.75) is 20.4 Å². The van der Waals surface area contributed by atoms with Gasteiger partial charge < -0.3 is 10.3 Å². The molecule has 0 bridgehead atoms. The summed E-state index contributed by atoms with van der Waals surface area (Å²) >= 11 is 0. The summed E-state index contributed by atoms with van der Waals surface area (Å²) in [7, 11) is 0. The Hall–Kier alpha value is -2.55. The van der Waals surface area contributed by atoms with E-state index in [4.69, 9.17) is 5.73 Å². The smallest absolute Gasteiger partial charge is 0.131 e. The molecule has 2 N–H and O–H groups in total. The summed E-state index contributed by atoms with van der Waals surface area (Å²) in [5.74, 6) is 0.715. The van der Waals surface area contributed by atoms with E-state index in [2.05, 4.69) is 43.1 Å². The second kappa shape index (κ2) is 5.44. The van der Waals surface area contributed by atoms with Crippen molar-refractivity contribution in [2.24, 2.45) is 0 Å². The van der Waals surface area contributed by atoms with Crippen molar-refractivity contribution < 1.29 is 0 Å². The molecule has 0 saturated carbocycles. The molecule has 1 heterocycles. The molecule has 2 aromatic carbocycles. The van der Waals surface area contributed by atoms with Crippen LogP contribution in [0.3, 0.4) is 0 Å². The van der Waals surface area contributed by atoms with Gasteiger partial charge in [0.05, 0.1) is 12.9 Å². The first-order valence-corrected chi connectivity index (χ1v) is 7.08. The quantitative estimate of drug-likeness (QED) is 0.791. The van der Waals surface area contributed by atoms with Crippen LogP contribution in [0.5, 0.6) is 0 Å². The van der Waals surface area contributed by atoms with Crippen LogP contribution in [-0.4, -0.2) is 9.55 Å². The van der Waals surface area contributed by atoms with Crippen molar-refractivity contribution in [2.75, 3.05) is 5.73 Å². The second-order valence-corrected chi connectivity index (χ2v) is 5.34. The molecule has 0 saturated heterocycles. The van der Waals surface area contributed by atoms with E-state index in [9.17, 15) is 0 Å². The molecular weight excluding hydrogens is 258 g/mol. The Morgan fingerprint density at radius 2 is 1.76 bits per heavy atom. The zero-order valence-corrected chi connectivity index (χ0v) is 12.4. The summed E-state index contributed by atoms with van der Waals surface area (Å²) in [6.45, 7) is 4.96. The Bertz CT molecular complexity index is 757. The maximum absolute atomic E-state index is 6.30. The minimum absolute atomic E-state index is 0.715. The van der Waals surface area contributed by atoms with E-state index in [1.807, 2.05) is 35.2 Å². The number of nitrogens with two attached hydrogens (primary N) is 1. The van der Waals surface area contributed by atoms with Crippen LogP contribution in [0.2, 0.25) is 0 Å². The maximum Gasteiger partial charge on any atom is 0.131 e. The lowest BCUT2D eigenvalue weighted by Gasteiger charge is -2.09. The largest absolute Gasteiger partial charge is 0.383 e. The van der Waals surface area contributed by atoms with Crippen LogP contribution in [-0.2, 0) is 6.54 Å². The van der Waals surface area contributed by atoms with Crippen molar-refractivity contribution in [3.8, 4) is 11.3 Å². The Balaban J connectivity index is 1.98. The maximum atomic E-state index is 6.30. The molecule has 0 fully saturated rings. The van der Waals surface area contributed by atoms with Crippen LogP contribution in [0, 0.1) is 13.8 Å². The van der Waals surface area contributed by atoms with Gasteiger partial charge in [0.15, 0.2) is 0 Å². The Kier molecular flexibility index (Phi) is 3.48. The molecule has 0 amide bonds. The number of rotatable bonds is 3. The van der Waals surface area contributed by atoms with Gasteiger partial charge >= 0.3 is 0 Å². The molecule has 3 nitrogen and oxygen atoms in total. The van der Waals surface area contributed by atoms with Gasteiger partial charge in [-0.1, -0.05) is 48.5 Å². The highest BCUT2D eigenvalue weighted by atomic mass is 15.1. The molecule has 1 aromatic heterocycles. The predicted octanol–water partition coefficient (Wildman–Crippen LogP) is 3.80. The average Bonchev–Trinajstić information content (AvgIpc) is 2.84. The molecule has 0 spiro atoms. The van der Waals surface area contributed by atoms with E-state index in [-0.39, 0.29) is 0 Å². The standard InChI is InChI=1S/C18H19N3/c1-13-7-6-10-16(14(13)2)17-18(19)21(12-20-17)11-15-8-4-3-5-9-15/h3-10,12H,11,19H2,1-2H3. The fourth-order valence-corrected chi connectivity index (χ4v) is 2.51. The first-order valence-electron chi connectivity index (χ1n) is 7.08. The fraction of sp³-hybridized carbons (Fsp3) is 0.167. The molecule has 106 valence electrons. The van der Waals surface area contributed by atoms with E-state index < -0.39 is 0 Å². The van der Waals surface area contributed by atoms with Gasteiger partial charge in [0.1, 0.15) is 11.5 Å². The molecule has 21 heavy (non-hydrogen) atoms. The number of aryl methyl sites for hydroxylation is 1. The molecule has 3 rings (SSSR count). The zero-order valence-electron chi connectivity index (χ0n) is 12.4. The van der Waals surface area contributed by atoms with Gasteiger partial charge in [0, 0.05) is 5.56 Å². The van der Waals surface area contributed by atoms with Crippen LogP contribution in [0.15, 0.2) is 54.9 Å². The van der Waals surface area contributed by atoms with Gasteiger partial charge in [-0.25, -0.2) is 4.98 Å². The molecule has 0 aliphatic heterocycles. The molecular formula is C18H19N3. The summed E-state index contributed by atoms with van der Waals surface area (Å²) in [6.07, 6.45) is 1.82. The number of nitrogen functional groups attached to an aromatic ring is 1. The van der Waals surface area contributed by atoms with Crippen molar-refractivity contribution in [1.29, 1.82) is 0 Å². The minimum atomic E-state index is 0.715. The van der Waals surface area contributed by atoms with Crippen LogP contribution >= 0.6 is 0 Å². The van der Waals surface area contributed by atoms with Crippen molar-refractivity contribution >= 4 is 5.82 Å². The third kappa shape index (κ3) is 2.55. The van der Waals surface area contributed by atoms with Gasteiger partial charge in [0.2, 0.25) is 0 Å². The SMILES string of the molecule is Cc1cccc(-c2ncn(Cc3ccccc3)c2N)c1C. The molecule has 0 radical (unpaired) electrons. The highest BCUT2D eigenvalue weighted by Gasteiger charge is 2.12. The van der Waals surface area contributed by atoms with Crippen LogP contribution in [0.25, 0.3) is 11.3 Å². The number of hydrogen-bond acceptors (Lipinski definition) is 2. The molecule has 0 aliphatic rings. The average molecular weight is 277 g/mol. The lowest BCUT2D eigenvalue weighted by molar-refractivity contribution is 0.808. The van der Waals surface area contributed by atoms with Gasteiger partial charge in [-0.05, 0) is 30.5 Å². The van der Waals surface area contributed by atoms with Gasteiger partial charge in [0.25, 0.3) is 0 Å². The highest BCUT2D eigenvalue weighted by Crippen LogP contribution is 2.29. The number of anilines is 1. The zero-order chi connectivity index (χ0) is 14.8. The van der Waals surface area contributed by atoms with Gasteiger partial charge in [-0.2, -0.15) is 0 Å². The third-order valence-corrected chi connectivity index (χ3v) is 3.93. The van der Waals surface area contributed by atoms with E-state index in [1.165, 1.54) is 16.7 Å². The number of imidazole rings is 1. The molecule has 0 aliphatic carbocycles. The monoisotopic (exact) mass is 277 g/mol. The third-order valence-electron chi connectivity index (χ3n) is 3.93. The van der Waals surface area contributed by atoms with Crippen LogP contribution in [0.1, 0.15) is 16.7 Å². The van der Waals surface area contributed by atoms with E-state index >= 15 is 0 Å². The number of hydrogen-bond donors (Lipinski definition) is 1. The minimum Gasteiger partial charge on any atom is -0.383 e.